The first-order chi connectivity index (χ1) is 9.50. The lowest BCUT2D eigenvalue weighted by molar-refractivity contribution is 0.330. The van der Waals surface area contributed by atoms with E-state index in [4.69, 9.17) is 4.42 Å². The van der Waals surface area contributed by atoms with Crippen LogP contribution in [0.3, 0.4) is 0 Å². The maximum absolute atomic E-state index is 9.86. The summed E-state index contributed by atoms with van der Waals surface area (Å²) in [5, 5.41) is 48.8. The molecule has 0 bridgehead atoms. The second kappa shape index (κ2) is 3.99. The molecule has 1 heterocycles. The van der Waals surface area contributed by atoms with Crippen LogP contribution in [0, 0.1) is 0 Å². The van der Waals surface area contributed by atoms with Crippen molar-refractivity contribution in [3.8, 4) is 39.9 Å². The average Bonchev–Trinajstić information content (AvgIpc) is 2.91. The van der Waals surface area contributed by atoms with Gasteiger partial charge in [0.2, 0.25) is 17.2 Å². The first-order valence-corrected chi connectivity index (χ1v) is 5.67. The van der Waals surface area contributed by atoms with Crippen LogP contribution in [0.15, 0.2) is 34.9 Å². The first kappa shape index (κ1) is 12.0. The lowest BCUT2D eigenvalue weighted by Gasteiger charge is -2.12. The van der Waals surface area contributed by atoms with Gasteiger partial charge < -0.3 is 29.9 Å². The average molecular weight is 274 g/mol. The van der Waals surface area contributed by atoms with Gasteiger partial charge in [0.25, 0.3) is 0 Å². The van der Waals surface area contributed by atoms with Gasteiger partial charge in [0, 0.05) is 5.39 Å². The zero-order chi connectivity index (χ0) is 14.4. The molecule has 102 valence electrons. The summed E-state index contributed by atoms with van der Waals surface area (Å²) in [5.41, 5.74) is 0.778. The Morgan fingerprint density at radius 3 is 1.95 bits per heavy atom. The van der Waals surface area contributed by atoms with E-state index in [2.05, 4.69) is 0 Å². The van der Waals surface area contributed by atoms with Crippen molar-refractivity contribution in [2.45, 2.75) is 0 Å². The Morgan fingerprint density at radius 1 is 0.700 bits per heavy atom. The fourth-order valence-corrected chi connectivity index (χ4v) is 2.08. The zero-order valence-electron chi connectivity index (χ0n) is 10.0. The molecule has 0 aliphatic heterocycles. The number of rotatable bonds is 1. The maximum atomic E-state index is 9.86. The quantitative estimate of drug-likeness (QED) is 0.344. The van der Waals surface area contributed by atoms with Crippen LogP contribution in [-0.4, -0.2) is 25.5 Å². The number of hydrogen-bond acceptors (Lipinski definition) is 6. The fourth-order valence-electron chi connectivity index (χ4n) is 2.08. The van der Waals surface area contributed by atoms with E-state index < -0.39 is 28.7 Å². The van der Waals surface area contributed by atoms with Crippen LogP contribution in [0.1, 0.15) is 0 Å². The minimum absolute atomic E-state index is 0.180. The van der Waals surface area contributed by atoms with E-state index in [-0.39, 0.29) is 5.56 Å². The highest BCUT2D eigenvalue weighted by molar-refractivity contribution is 5.90. The lowest BCUT2D eigenvalue weighted by atomic mass is 10.0. The fraction of sp³-hybridized carbons (Fsp3) is 0. The molecular weight excluding hydrogens is 264 g/mol. The smallest absolute Gasteiger partial charge is 0.208 e. The Balaban J connectivity index is 2.33. The van der Waals surface area contributed by atoms with E-state index in [1.54, 1.807) is 18.2 Å². The van der Waals surface area contributed by atoms with Crippen molar-refractivity contribution in [2.75, 3.05) is 0 Å². The molecule has 0 radical (unpaired) electrons. The summed E-state index contributed by atoms with van der Waals surface area (Å²) >= 11 is 0. The van der Waals surface area contributed by atoms with Crippen LogP contribution >= 0.6 is 0 Å². The maximum Gasteiger partial charge on any atom is 0.208 e. The SMILES string of the molecule is Oc1c(O)c(O)c(-c2ccc3occc3c2)c(O)c1O. The molecule has 3 aromatic rings. The van der Waals surface area contributed by atoms with Gasteiger partial charge in [0.15, 0.2) is 11.5 Å². The van der Waals surface area contributed by atoms with Crippen molar-refractivity contribution in [3.05, 3.63) is 30.5 Å². The van der Waals surface area contributed by atoms with Crippen molar-refractivity contribution in [2.24, 2.45) is 0 Å². The third-order valence-corrected chi connectivity index (χ3v) is 3.11. The van der Waals surface area contributed by atoms with E-state index in [0.29, 0.717) is 16.5 Å². The number of benzene rings is 2. The summed E-state index contributed by atoms with van der Waals surface area (Å²) in [4.78, 5) is 0. The number of fused-ring (bicyclic) bond motifs is 1. The minimum Gasteiger partial charge on any atom is -0.504 e. The molecule has 20 heavy (non-hydrogen) atoms. The van der Waals surface area contributed by atoms with Gasteiger partial charge in [-0.15, -0.1) is 0 Å². The largest absolute Gasteiger partial charge is 0.504 e. The summed E-state index contributed by atoms with van der Waals surface area (Å²) in [6.07, 6.45) is 1.49. The molecule has 0 saturated carbocycles. The van der Waals surface area contributed by atoms with Crippen LogP contribution in [0.2, 0.25) is 0 Å². The Labute approximate surface area is 112 Å². The van der Waals surface area contributed by atoms with Gasteiger partial charge in [-0.05, 0) is 23.8 Å². The van der Waals surface area contributed by atoms with Crippen molar-refractivity contribution in [3.63, 3.8) is 0 Å². The Kier molecular flexibility index (Phi) is 2.40. The molecule has 0 aliphatic rings. The van der Waals surface area contributed by atoms with E-state index in [1.165, 1.54) is 12.3 Å². The van der Waals surface area contributed by atoms with Crippen LogP contribution in [-0.2, 0) is 0 Å². The van der Waals surface area contributed by atoms with E-state index in [9.17, 15) is 25.5 Å². The molecule has 0 aliphatic carbocycles. The van der Waals surface area contributed by atoms with Crippen LogP contribution in [0.4, 0.5) is 0 Å². The van der Waals surface area contributed by atoms with E-state index >= 15 is 0 Å². The molecule has 0 saturated heterocycles. The first-order valence-electron chi connectivity index (χ1n) is 5.67. The molecule has 6 heteroatoms. The predicted molar refractivity (Wildman–Crippen MR) is 70.0 cm³/mol. The van der Waals surface area contributed by atoms with Crippen molar-refractivity contribution < 1.29 is 29.9 Å². The molecular formula is C14H10O6. The Bertz CT molecular complexity index is 789. The predicted octanol–water partition coefficient (Wildman–Crippen LogP) is 2.63. The molecule has 6 nitrogen and oxygen atoms in total. The highest BCUT2D eigenvalue weighted by Crippen LogP contribution is 2.54. The number of hydrogen-bond donors (Lipinski definition) is 5. The van der Waals surface area contributed by atoms with Gasteiger partial charge in [0.1, 0.15) is 5.58 Å². The van der Waals surface area contributed by atoms with Gasteiger partial charge in [-0.25, -0.2) is 0 Å². The molecule has 0 atom stereocenters. The molecule has 2 aromatic carbocycles. The molecule has 0 amide bonds. The molecule has 1 aromatic heterocycles. The van der Waals surface area contributed by atoms with Gasteiger partial charge in [-0.2, -0.15) is 0 Å². The normalized spacial score (nSPS) is 11.0. The zero-order valence-corrected chi connectivity index (χ0v) is 10.0. The van der Waals surface area contributed by atoms with Crippen molar-refractivity contribution in [1.29, 1.82) is 0 Å². The number of phenols is 5. The Morgan fingerprint density at radius 2 is 1.30 bits per heavy atom. The third-order valence-electron chi connectivity index (χ3n) is 3.11. The minimum atomic E-state index is -0.979. The third kappa shape index (κ3) is 1.51. The van der Waals surface area contributed by atoms with Gasteiger partial charge in [-0.1, -0.05) is 6.07 Å². The van der Waals surface area contributed by atoms with Crippen LogP contribution in [0.5, 0.6) is 28.7 Å². The van der Waals surface area contributed by atoms with Gasteiger partial charge in [-0.3, -0.25) is 0 Å². The number of aromatic hydroxyl groups is 5. The van der Waals surface area contributed by atoms with Crippen molar-refractivity contribution in [1.82, 2.24) is 0 Å². The summed E-state index contributed by atoms with van der Waals surface area (Å²) in [5.74, 6) is -4.22. The topological polar surface area (TPSA) is 114 Å². The van der Waals surface area contributed by atoms with Gasteiger partial charge in [0.05, 0.1) is 11.8 Å². The summed E-state index contributed by atoms with van der Waals surface area (Å²) in [6, 6.07) is 6.44. The number of furan rings is 1. The molecule has 0 fully saturated rings. The summed E-state index contributed by atoms with van der Waals surface area (Å²) in [7, 11) is 0. The summed E-state index contributed by atoms with van der Waals surface area (Å²) in [6.45, 7) is 0. The second-order valence-electron chi connectivity index (χ2n) is 4.29. The molecule has 0 spiro atoms. The second-order valence-corrected chi connectivity index (χ2v) is 4.29. The Hall–Kier alpha value is -3.02. The standard InChI is InChI=1S/C14H10O6/c15-10-9(11(16)13(18)14(19)12(10)17)7-1-2-8-6(5-7)3-4-20-8/h1-5,15-19H. The van der Waals surface area contributed by atoms with E-state index in [0.717, 1.165) is 0 Å². The monoisotopic (exact) mass is 274 g/mol. The summed E-state index contributed by atoms with van der Waals surface area (Å²) < 4.78 is 5.17. The highest BCUT2D eigenvalue weighted by Gasteiger charge is 2.24. The molecule has 5 N–H and O–H groups in total. The molecule has 3 rings (SSSR count). The van der Waals surface area contributed by atoms with Crippen molar-refractivity contribution >= 4 is 11.0 Å². The number of phenolic OH excluding ortho intramolecular Hbond substituents is 5. The van der Waals surface area contributed by atoms with E-state index in [1.807, 2.05) is 0 Å². The highest BCUT2D eigenvalue weighted by atomic mass is 16.4. The molecule has 0 unspecified atom stereocenters. The lowest BCUT2D eigenvalue weighted by Crippen LogP contribution is -1.84. The van der Waals surface area contributed by atoms with Crippen LogP contribution in [0.25, 0.3) is 22.1 Å². The van der Waals surface area contributed by atoms with Gasteiger partial charge >= 0.3 is 0 Å². The van der Waals surface area contributed by atoms with Crippen LogP contribution < -0.4 is 0 Å².